The third-order valence-electron chi connectivity index (χ3n) is 5.07. The van der Waals surface area contributed by atoms with Gasteiger partial charge in [-0.15, -0.1) is 0 Å². The summed E-state index contributed by atoms with van der Waals surface area (Å²) in [6.45, 7) is 2.61. The zero-order chi connectivity index (χ0) is 18.1. The number of hydrogen-bond acceptors (Lipinski definition) is 3. The second kappa shape index (κ2) is 6.75. The van der Waals surface area contributed by atoms with Crippen LogP contribution in [0.15, 0.2) is 47.6 Å². The molecule has 1 fully saturated rings. The van der Waals surface area contributed by atoms with Gasteiger partial charge in [0.05, 0.1) is 5.71 Å². The fourth-order valence-corrected chi connectivity index (χ4v) is 3.66. The fourth-order valence-electron chi connectivity index (χ4n) is 3.66. The average molecular weight is 347 g/mol. The summed E-state index contributed by atoms with van der Waals surface area (Å²) >= 11 is 0. The van der Waals surface area contributed by atoms with Crippen LogP contribution in [0.3, 0.4) is 0 Å². The van der Waals surface area contributed by atoms with Gasteiger partial charge in [-0.3, -0.25) is 9.59 Å². The van der Waals surface area contributed by atoms with Crippen molar-refractivity contribution in [1.29, 1.82) is 0 Å². The molecule has 1 aliphatic heterocycles. The second-order valence-electron chi connectivity index (χ2n) is 6.86. The number of nitrogens with zero attached hydrogens (tertiary/aromatic N) is 2. The summed E-state index contributed by atoms with van der Waals surface area (Å²) in [5.41, 5.74) is 9.52. The first-order valence-electron chi connectivity index (χ1n) is 8.94. The Bertz CT molecular complexity index is 917. The number of rotatable bonds is 4. The summed E-state index contributed by atoms with van der Waals surface area (Å²) in [6, 6.07) is 14.8. The van der Waals surface area contributed by atoms with E-state index in [-0.39, 0.29) is 18.4 Å². The smallest absolute Gasteiger partial charge is 0.259 e. The van der Waals surface area contributed by atoms with Crippen LogP contribution in [0.25, 0.3) is 11.1 Å². The van der Waals surface area contributed by atoms with Crippen LogP contribution < -0.4 is 5.43 Å². The van der Waals surface area contributed by atoms with Gasteiger partial charge in [0, 0.05) is 13.0 Å². The Labute approximate surface area is 152 Å². The SMILES string of the molecule is C/C(=N\NC(=O)CN1CCCC1=O)c1ccc2c(c1)Cc1ccccc1-2. The number of benzene rings is 2. The molecule has 2 amide bonds. The van der Waals surface area contributed by atoms with E-state index in [0.717, 1.165) is 24.1 Å². The van der Waals surface area contributed by atoms with Crippen molar-refractivity contribution in [3.8, 4) is 11.1 Å². The molecule has 0 unspecified atom stereocenters. The third-order valence-corrected chi connectivity index (χ3v) is 5.07. The molecule has 5 nitrogen and oxygen atoms in total. The molecule has 0 aromatic heterocycles. The maximum Gasteiger partial charge on any atom is 0.259 e. The van der Waals surface area contributed by atoms with Crippen LogP contribution in [0.1, 0.15) is 36.5 Å². The van der Waals surface area contributed by atoms with Crippen molar-refractivity contribution in [2.75, 3.05) is 13.1 Å². The molecule has 0 saturated carbocycles. The summed E-state index contributed by atoms with van der Waals surface area (Å²) in [5.74, 6) is -0.216. The third kappa shape index (κ3) is 3.12. The van der Waals surface area contributed by atoms with Crippen molar-refractivity contribution < 1.29 is 9.59 Å². The first-order valence-corrected chi connectivity index (χ1v) is 8.94. The molecule has 2 aromatic carbocycles. The molecular formula is C21H21N3O2. The van der Waals surface area contributed by atoms with Crippen molar-refractivity contribution in [1.82, 2.24) is 10.3 Å². The van der Waals surface area contributed by atoms with E-state index in [1.165, 1.54) is 22.3 Å². The maximum atomic E-state index is 12.0. The molecule has 26 heavy (non-hydrogen) atoms. The quantitative estimate of drug-likeness (QED) is 0.583. The van der Waals surface area contributed by atoms with E-state index in [9.17, 15) is 9.59 Å². The van der Waals surface area contributed by atoms with Gasteiger partial charge in [-0.05, 0) is 53.6 Å². The van der Waals surface area contributed by atoms with Crippen LogP contribution in [-0.4, -0.2) is 35.5 Å². The highest BCUT2D eigenvalue weighted by molar-refractivity contribution is 6.00. The Kier molecular flexibility index (Phi) is 4.29. The fraction of sp³-hybridized carbons (Fsp3) is 0.286. The number of carbonyl (C=O) groups excluding carboxylic acids is 2. The Morgan fingerprint density at radius 1 is 1.15 bits per heavy atom. The predicted molar refractivity (Wildman–Crippen MR) is 101 cm³/mol. The monoisotopic (exact) mass is 347 g/mol. The number of likely N-dealkylation sites (tertiary alicyclic amines) is 1. The Morgan fingerprint density at radius 3 is 2.77 bits per heavy atom. The van der Waals surface area contributed by atoms with Gasteiger partial charge in [-0.1, -0.05) is 36.4 Å². The minimum absolute atomic E-state index is 0.0408. The van der Waals surface area contributed by atoms with Crippen molar-refractivity contribution in [3.63, 3.8) is 0 Å². The van der Waals surface area contributed by atoms with Crippen LogP contribution in [0.2, 0.25) is 0 Å². The molecule has 132 valence electrons. The molecule has 4 rings (SSSR count). The summed E-state index contributed by atoms with van der Waals surface area (Å²) < 4.78 is 0. The molecule has 2 aliphatic rings. The van der Waals surface area contributed by atoms with Gasteiger partial charge in [0.15, 0.2) is 0 Å². The molecule has 1 saturated heterocycles. The Hall–Kier alpha value is -2.95. The van der Waals surface area contributed by atoms with E-state index >= 15 is 0 Å². The van der Waals surface area contributed by atoms with Crippen LogP contribution >= 0.6 is 0 Å². The summed E-state index contributed by atoms with van der Waals surface area (Å²) in [5, 5.41) is 4.22. The molecule has 0 bridgehead atoms. The molecular weight excluding hydrogens is 326 g/mol. The van der Waals surface area contributed by atoms with Gasteiger partial charge in [0.2, 0.25) is 5.91 Å². The molecule has 0 radical (unpaired) electrons. The first kappa shape index (κ1) is 16.5. The number of nitrogens with one attached hydrogen (secondary N) is 1. The zero-order valence-electron chi connectivity index (χ0n) is 14.8. The van der Waals surface area contributed by atoms with Gasteiger partial charge in [-0.25, -0.2) is 5.43 Å². The second-order valence-corrected chi connectivity index (χ2v) is 6.86. The maximum absolute atomic E-state index is 12.0. The van der Waals surface area contributed by atoms with E-state index < -0.39 is 0 Å². The Morgan fingerprint density at radius 2 is 1.96 bits per heavy atom. The van der Waals surface area contributed by atoms with Crippen molar-refractivity contribution in [3.05, 3.63) is 59.2 Å². The summed E-state index contributed by atoms with van der Waals surface area (Å²) in [7, 11) is 0. The standard InChI is InChI=1S/C21H21N3O2/c1-14(22-23-20(25)13-24-10-4-7-21(24)26)15-8-9-19-17(11-15)12-16-5-2-3-6-18(16)19/h2-3,5-6,8-9,11H,4,7,10,12-13H2,1H3,(H,23,25)/b22-14+. The summed E-state index contributed by atoms with van der Waals surface area (Å²) in [4.78, 5) is 25.2. The lowest BCUT2D eigenvalue weighted by Crippen LogP contribution is -2.36. The van der Waals surface area contributed by atoms with Crippen molar-refractivity contribution in [2.45, 2.75) is 26.2 Å². The minimum Gasteiger partial charge on any atom is -0.333 e. The number of amides is 2. The van der Waals surface area contributed by atoms with E-state index in [4.69, 9.17) is 0 Å². The van der Waals surface area contributed by atoms with Crippen LogP contribution in [0.5, 0.6) is 0 Å². The molecule has 5 heteroatoms. The topological polar surface area (TPSA) is 61.8 Å². The molecule has 1 heterocycles. The lowest BCUT2D eigenvalue weighted by molar-refractivity contribution is -0.133. The lowest BCUT2D eigenvalue weighted by atomic mass is 10.0. The van der Waals surface area contributed by atoms with E-state index in [1.807, 2.05) is 13.0 Å². The van der Waals surface area contributed by atoms with Crippen molar-refractivity contribution >= 4 is 17.5 Å². The molecule has 1 N–H and O–H groups in total. The van der Waals surface area contributed by atoms with Gasteiger partial charge in [0.25, 0.3) is 5.91 Å². The highest BCUT2D eigenvalue weighted by Gasteiger charge is 2.22. The predicted octanol–water partition coefficient (Wildman–Crippen LogP) is 2.72. The lowest BCUT2D eigenvalue weighted by Gasteiger charge is -2.13. The van der Waals surface area contributed by atoms with Gasteiger partial charge in [0.1, 0.15) is 6.54 Å². The molecule has 0 spiro atoms. The number of carbonyl (C=O) groups is 2. The van der Waals surface area contributed by atoms with Crippen LogP contribution in [0, 0.1) is 0 Å². The van der Waals surface area contributed by atoms with E-state index in [1.54, 1.807) is 4.90 Å². The highest BCUT2D eigenvalue weighted by atomic mass is 16.2. The van der Waals surface area contributed by atoms with Gasteiger partial charge < -0.3 is 4.90 Å². The number of hydrogen-bond donors (Lipinski definition) is 1. The molecule has 2 aromatic rings. The van der Waals surface area contributed by atoms with Gasteiger partial charge in [-0.2, -0.15) is 5.10 Å². The first-order chi connectivity index (χ1) is 12.6. The Balaban J connectivity index is 1.44. The van der Waals surface area contributed by atoms with Crippen LogP contribution in [-0.2, 0) is 16.0 Å². The van der Waals surface area contributed by atoms with E-state index in [0.29, 0.717) is 13.0 Å². The molecule has 1 aliphatic carbocycles. The zero-order valence-corrected chi connectivity index (χ0v) is 14.8. The average Bonchev–Trinajstić information content (AvgIpc) is 3.22. The minimum atomic E-state index is -0.256. The van der Waals surface area contributed by atoms with Crippen LogP contribution in [0.4, 0.5) is 0 Å². The number of fused-ring (bicyclic) bond motifs is 3. The van der Waals surface area contributed by atoms with E-state index in [2.05, 4.69) is 46.9 Å². The number of hydrazone groups is 1. The van der Waals surface area contributed by atoms with Gasteiger partial charge >= 0.3 is 0 Å². The normalized spacial score (nSPS) is 15.8. The van der Waals surface area contributed by atoms with Crippen molar-refractivity contribution in [2.24, 2.45) is 5.10 Å². The largest absolute Gasteiger partial charge is 0.333 e. The molecule has 0 atom stereocenters. The highest BCUT2D eigenvalue weighted by Crippen LogP contribution is 2.36. The summed E-state index contributed by atoms with van der Waals surface area (Å²) in [6.07, 6.45) is 2.29.